The molecule has 2 saturated heterocycles. The van der Waals surface area contributed by atoms with Gasteiger partial charge >= 0.3 is 0 Å². The molecule has 3 aliphatic rings. The second kappa shape index (κ2) is 8.40. The van der Waals surface area contributed by atoms with Crippen LogP contribution in [0, 0.1) is 17.2 Å². The average Bonchev–Trinajstić information content (AvgIpc) is 2.74. The molecule has 0 bridgehead atoms. The zero-order valence-electron chi connectivity index (χ0n) is 18.9. The molecular weight excluding hydrogens is 430 g/mol. The van der Waals surface area contributed by atoms with E-state index < -0.39 is 11.5 Å². The topological polar surface area (TPSA) is 84.7 Å². The number of piperazine rings is 1. The minimum Gasteiger partial charge on any atom is -0.337 e. The molecule has 33 heavy (non-hydrogen) atoms. The predicted octanol–water partition coefficient (Wildman–Crippen LogP) is 2.65. The maximum Gasteiger partial charge on any atom is 0.270 e. The quantitative estimate of drug-likeness (QED) is 0.694. The van der Waals surface area contributed by atoms with Crippen molar-refractivity contribution >= 4 is 17.7 Å². The van der Waals surface area contributed by atoms with Crippen molar-refractivity contribution in [1.82, 2.24) is 14.7 Å². The Bertz CT molecular complexity index is 984. The Morgan fingerprint density at radius 2 is 1.76 bits per heavy atom. The van der Waals surface area contributed by atoms with E-state index in [1.54, 1.807) is 17.0 Å². The molecule has 1 aliphatic carbocycles. The number of nitriles is 1. The van der Waals surface area contributed by atoms with Crippen LogP contribution in [-0.4, -0.2) is 63.6 Å². The Morgan fingerprint density at radius 1 is 1.15 bits per heavy atom. The first kappa shape index (κ1) is 23.1. The van der Waals surface area contributed by atoms with Crippen LogP contribution in [-0.2, 0) is 26.9 Å². The number of alkyl halides is 2. The van der Waals surface area contributed by atoms with Gasteiger partial charge in [-0.15, -0.1) is 0 Å². The molecule has 1 aromatic carbocycles. The molecule has 3 fully saturated rings. The summed E-state index contributed by atoms with van der Waals surface area (Å²) >= 11 is 0. The van der Waals surface area contributed by atoms with Crippen LogP contribution in [0.3, 0.4) is 0 Å². The lowest BCUT2D eigenvalue weighted by Gasteiger charge is -2.59. The van der Waals surface area contributed by atoms with Gasteiger partial charge in [0.1, 0.15) is 6.54 Å². The van der Waals surface area contributed by atoms with Crippen LogP contribution in [0.1, 0.15) is 50.7 Å². The van der Waals surface area contributed by atoms with Crippen LogP contribution in [0.15, 0.2) is 24.3 Å². The van der Waals surface area contributed by atoms with Crippen molar-refractivity contribution in [1.29, 1.82) is 5.26 Å². The standard InChI is InChI=1S/C24H28F2N4O3/c1-16(31)28-14-24(15-28)22(33)29(20-9-5-17(11-27)6-10-20)13-21(32)30(24)12-18-3-7-19(8-4-18)23(2,25)26/h3-4,7-8,17,20H,5-6,9-10,12-15H2,1-2H3. The highest BCUT2D eigenvalue weighted by Crippen LogP contribution is 2.38. The molecule has 0 radical (unpaired) electrons. The van der Waals surface area contributed by atoms with Crippen LogP contribution in [0.25, 0.3) is 0 Å². The third kappa shape index (κ3) is 4.19. The molecule has 1 aromatic rings. The van der Waals surface area contributed by atoms with Gasteiger partial charge in [-0.05, 0) is 31.2 Å². The second-order valence-electron chi connectivity index (χ2n) is 9.54. The van der Waals surface area contributed by atoms with Crippen LogP contribution in [0.5, 0.6) is 0 Å². The maximum atomic E-state index is 13.7. The van der Waals surface area contributed by atoms with Gasteiger partial charge in [0.2, 0.25) is 11.8 Å². The maximum absolute atomic E-state index is 13.7. The highest BCUT2D eigenvalue weighted by Gasteiger charge is 2.61. The summed E-state index contributed by atoms with van der Waals surface area (Å²) in [5, 5.41) is 9.16. The van der Waals surface area contributed by atoms with Crippen LogP contribution in [0.2, 0.25) is 0 Å². The second-order valence-corrected chi connectivity index (χ2v) is 9.54. The van der Waals surface area contributed by atoms with E-state index in [2.05, 4.69) is 6.07 Å². The van der Waals surface area contributed by atoms with E-state index in [-0.39, 0.29) is 61.4 Å². The summed E-state index contributed by atoms with van der Waals surface area (Å²) in [4.78, 5) is 43.6. The van der Waals surface area contributed by atoms with Gasteiger partial charge in [-0.2, -0.15) is 5.26 Å². The SMILES string of the molecule is CC(=O)N1CC2(C1)C(=O)N(C1CCC(C#N)CC1)CC(=O)N2Cc1ccc(C(C)(F)F)cc1. The molecule has 0 unspecified atom stereocenters. The molecule has 9 heteroatoms. The summed E-state index contributed by atoms with van der Waals surface area (Å²) in [6, 6.07) is 7.96. The minimum atomic E-state index is -2.96. The molecule has 1 saturated carbocycles. The lowest BCUT2D eigenvalue weighted by Crippen LogP contribution is -2.81. The zero-order valence-corrected chi connectivity index (χ0v) is 18.9. The van der Waals surface area contributed by atoms with Gasteiger partial charge in [0, 0.05) is 37.9 Å². The first-order valence-electron chi connectivity index (χ1n) is 11.3. The van der Waals surface area contributed by atoms with Gasteiger partial charge in [0.15, 0.2) is 5.54 Å². The fourth-order valence-corrected chi connectivity index (χ4v) is 5.17. The van der Waals surface area contributed by atoms with Gasteiger partial charge in [-0.25, -0.2) is 8.78 Å². The first-order chi connectivity index (χ1) is 15.5. The lowest BCUT2D eigenvalue weighted by molar-refractivity contribution is -0.185. The minimum absolute atomic E-state index is 0.0160. The largest absolute Gasteiger partial charge is 0.337 e. The number of carbonyl (C=O) groups excluding carboxylic acids is 3. The van der Waals surface area contributed by atoms with E-state index in [4.69, 9.17) is 5.26 Å². The Balaban J connectivity index is 1.57. The Labute approximate surface area is 191 Å². The molecule has 0 aromatic heterocycles. The Kier molecular flexibility index (Phi) is 5.89. The molecule has 0 N–H and O–H groups in total. The summed E-state index contributed by atoms with van der Waals surface area (Å²) < 4.78 is 27.1. The average molecular weight is 459 g/mol. The summed E-state index contributed by atoms with van der Waals surface area (Å²) in [5.74, 6) is -3.53. The number of halogens is 2. The van der Waals surface area contributed by atoms with Crippen LogP contribution < -0.4 is 0 Å². The van der Waals surface area contributed by atoms with E-state index in [0.29, 0.717) is 31.2 Å². The number of nitrogens with zero attached hydrogens (tertiary/aromatic N) is 4. The van der Waals surface area contributed by atoms with Gasteiger partial charge < -0.3 is 14.7 Å². The van der Waals surface area contributed by atoms with E-state index >= 15 is 0 Å². The molecular formula is C24H28F2N4O3. The third-order valence-corrected chi connectivity index (χ3v) is 7.25. The molecule has 2 heterocycles. The fourth-order valence-electron chi connectivity index (χ4n) is 5.17. The molecule has 7 nitrogen and oxygen atoms in total. The zero-order chi connectivity index (χ0) is 24.0. The van der Waals surface area contributed by atoms with Crippen LogP contribution >= 0.6 is 0 Å². The number of carbonyl (C=O) groups is 3. The molecule has 4 rings (SSSR count). The number of likely N-dealkylation sites (tertiary alicyclic amines) is 1. The summed E-state index contributed by atoms with van der Waals surface area (Å²) in [7, 11) is 0. The van der Waals surface area contributed by atoms with Crippen molar-refractivity contribution in [2.45, 2.75) is 63.6 Å². The number of benzene rings is 1. The smallest absolute Gasteiger partial charge is 0.270 e. The first-order valence-corrected chi connectivity index (χ1v) is 11.3. The summed E-state index contributed by atoms with van der Waals surface area (Å²) in [6.45, 7) is 2.57. The summed E-state index contributed by atoms with van der Waals surface area (Å²) in [5.41, 5.74) is -0.610. The van der Waals surface area contributed by atoms with Gasteiger partial charge in [-0.3, -0.25) is 14.4 Å². The molecule has 1 spiro atoms. The number of hydrogen-bond donors (Lipinski definition) is 0. The van der Waals surface area contributed by atoms with Crippen molar-refractivity contribution < 1.29 is 23.2 Å². The number of amides is 3. The molecule has 0 atom stereocenters. The molecule has 3 amide bonds. The normalized spacial score (nSPS) is 25.1. The third-order valence-electron chi connectivity index (χ3n) is 7.25. The highest BCUT2D eigenvalue weighted by molar-refractivity contribution is 6.00. The monoisotopic (exact) mass is 458 g/mol. The number of rotatable bonds is 4. The van der Waals surface area contributed by atoms with E-state index in [0.717, 1.165) is 6.92 Å². The molecule has 2 aliphatic heterocycles. The highest BCUT2D eigenvalue weighted by atomic mass is 19.3. The van der Waals surface area contributed by atoms with Crippen LogP contribution in [0.4, 0.5) is 8.78 Å². The molecule has 176 valence electrons. The fraction of sp³-hybridized carbons (Fsp3) is 0.583. The van der Waals surface area contributed by atoms with Crippen molar-refractivity contribution in [2.75, 3.05) is 19.6 Å². The van der Waals surface area contributed by atoms with Gasteiger partial charge in [-0.1, -0.05) is 24.3 Å². The predicted molar refractivity (Wildman–Crippen MR) is 115 cm³/mol. The van der Waals surface area contributed by atoms with Crippen molar-refractivity contribution in [3.8, 4) is 6.07 Å². The van der Waals surface area contributed by atoms with Gasteiger partial charge in [0.25, 0.3) is 11.8 Å². The van der Waals surface area contributed by atoms with Crippen molar-refractivity contribution in [2.24, 2.45) is 5.92 Å². The van der Waals surface area contributed by atoms with Crippen molar-refractivity contribution in [3.63, 3.8) is 0 Å². The van der Waals surface area contributed by atoms with Crippen molar-refractivity contribution in [3.05, 3.63) is 35.4 Å². The van der Waals surface area contributed by atoms with E-state index in [9.17, 15) is 23.2 Å². The van der Waals surface area contributed by atoms with E-state index in [1.165, 1.54) is 28.9 Å². The summed E-state index contributed by atoms with van der Waals surface area (Å²) in [6.07, 6.45) is 2.75. The Hall–Kier alpha value is -3.02. The number of hydrogen-bond acceptors (Lipinski definition) is 4. The lowest BCUT2D eigenvalue weighted by atomic mass is 9.80. The van der Waals surface area contributed by atoms with Gasteiger partial charge in [0.05, 0.1) is 19.2 Å². The van der Waals surface area contributed by atoms with E-state index in [1.807, 2.05) is 0 Å². The Morgan fingerprint density at radius 3 is 2.27 bits per heavy atom.